The Kier molecular flexibility index (Phi) is 2.91. The lowest BCUT2D eigenvalue weighted by Crippen LogP contribution is -2.37. The molecular formula is C9H16N4O. The molecule has 0 aliphatic carbocycles. The molecule has 1 unspecified atom stereocenters. The summed E-state index contributed by atoms with van der Waals surface area (Å²) in [7, 11) is 0. The summed E-state index contributed by atoms with van der Waals surface area (Å²) in [4.78, 5) is 2.84. The molecule has 2 saturated heterocycles. The number of hydrogen-bond acceptors (Lipinski definition) is 3. The van der Waals surface area contributed by atoms with E-state index in [1.807, 2.05) is 0 Å². The van der Waals surface area contributed by atoms with Crippen molar-refractivity contribution in [1.82, 2.24) is 5.32 Å². The van der Waals surface area contributed by atoms with Crippen LogP contribution >= 0.6 is 0 Å². The molecule has 14 heavy (non-hydrogen) atoms. The molecule has 2 fully saturated rings. The molecule has 0 amide bonds. The largest absolute Gasteiger partial charge is 0.381 e. The first kappa shape index (κ1) is 9.77. The first-order valence-electron chi connectivity index (χ1n) is 5.17. The zero-order valence-electron chi connectivity index (χ0n) is 8.28. The van der Waals surface area contributed by atoms with Gasteiger partial charge in [-0.3, -0.25) is 0 Å². The average molecular weight is 196 g/mol. The highest BCUT2D eigenvalue weighted by Crippen LogP contribution is 2.40. The highest BCUT2D eigenvalue weighted by molar-refractivity contribution is 4.96. The summed E-state index contributed by atoms with van der Waals surface area (Å²) >= 11 is 0. The van der Waals surface area contributed by atoms with E-state index in [0.29, 0.717) is 17.9 Å². The van der Waals surface area contributed by atoms with Crippen molar-refractivity contribution in [3.8, 4) is 0 Å². The zero-order valence-corrected chi connectivity index (χ0v) is 8.28. The second-order valence-corrected chi connectivity index (χ2v) is 4.22. The van der Waals surface area contributed by atoms with Gasteiger partial charge in [0.15, 0.2) is 0 Å². The van der Waals surface area contributed by atoms with E-state index < -0.39 is 0 Å². The third-order valence-electron chi connectivity index (χ3n) is 3.59. The Hall–Kier alpha value is -0.770. The summed E-state index contributed by atoms with van der Waals surface area (Å²) in [6, 6.07) is 0. The summed E-state index contributed by atoms with van der Waals surface area (Å²) in [6.07, 6.45) is 2.21. The van der Waals surface area contributed by atoms with Gasteiger partial charge >= 0.3 is 0 Å². The molecule has 0 saturated carbocycles. The summed E-state index contributed by atoms with van der Waals surface area (Å²) in [5.74, 6) is 0.502. The van der Waals surface area contributed by atoms with Crippen molar-refractivity contribution >= 4 is 0 Å². The van der Waals surface area contributed by atoms with Gasteiger partial charge in [-0.25, -0.2) is 0 Å². The minimum Gasteiger partial charge on any atom is -0.381 e. The molecule has 2 aliphatic heterocycles. The predicted octanol–water partition coefficient (Wildman–Crippen LogP) is 1.31. The molecule has 2 rings (SSSR count). The Balaban J connectivity index is 2.03. The van der Waals surface area contributed by atoms with Crippen LogP contribution in [0, 0.1) is 11.3 Å². The highest BCUT2D eigenvalue weighted by atomic mass is 16.5. The lowest BCUT2D eigenvalue weighted by Gasteiger charge is -2.37. The van der Waals surface area contributed by atoms with Crippen LogP contribution in [-0.4, -0.2) is 32.8 Å². The molecule has 1 N–H and O–H groups in total. The van der Waals surface area contributed by atoms with Crippen LogP contribution in [-0.2, 0) is 4.74 Å². The molecule has 0 aromatic heterocycles. The van der Waals surface area contributed by atoms with Gasteiger partial charge in [-0.2, -0.15) is 0 Å². The first-order chi connectivity index (χ1) is 6.87. The molecule has 5 heteroatoms. The van der Waals surface area contributed by atoms with E-state index in [-0.39, 0.29) is 0 Å². The van der Waals surface area contributed by atoms with Crippen molar-refractivity contribution in [3.63, 3.8) is 0 Å². The summed E-state index contributed by atoms with van der Waals surface area (Å²) in [5, 5.41) is 7.11. The highest BCUT2D eigenvalue weighted by Gasteiger charge is 2.43. The van der Waals surface area contributed by atoms with Gasteiger partial charge in [0.25, 0.3) is 0 Å². The van der Waals surface area contributed by atoms with Gasteiger partial charge in [-0.1, -0.05) is 5.11 Å². The van der Waals surface area contributed by atoms with E-state index in [1.165, 1.54) is 0 Å². The smallest absolute Gasteiger partial charge is 0.0471 e. The SMILES string of the molecule is [N-]=[N+]=NCC1CNCC12CCOCC2. The second-order valence-electron chi connectivity index (χ2n) is 4.22. The van der Waals surface area contributed by atoms with Crippen molar-refractivity contribution in [2.45, 2.75) is 12.8 Å². The fourth-order valence-corrected chi connectivity index (χ4v) is 2.61. The Morgan fingerprint density at radius 2 is 2.29 bits per heavy atom. The number of nitrogens with one attached hydrogen (secondary N) is 1. The Labute approximate surface area is 83.4 Å². The van der Waals surface area contributed by atoms with Gasteiger partial charge in [0.05, 0.1) is 0 Å². The fraction of sp³-hybridized carbons (Fsp3) is 1.00. The van der Waals surface area contributed by atoms with Crippen LogP contribution in [0.2, 0.25) is 0 Å². The van der Waals surface area contributed by atoms with Gasteiger partial charge in [-0.05, 0) is 36.3 Å². The van der Waals surface area contributed by atoms with Gasteiger partial charge < -0.3 is 10.1 Å². The average Bonchev–Trinajstić information content (AvgIpc) is 2.59. The van der Waals surface area contributed by atoms with Gasteiger partial charge in [0.2, 0.25) is 0 Å². The van der Waals surface area contributed by atoms with Gasteiger partial charge in [0, 0.05) is 31.2 Å². The predicted molar refractivity (Wildman–Crippen MR) is 52.9 cm³/mol. The van der Waals surface area contributed by atoms with Crippen molar-refractivity contribution in [2.75, 3.05) is 32.8 Å². The van der Waals surface area contributed by atoms with Crippen LogP contribution in [0.5, 0.6) is 0 Å². The fourth-order valence-electron chi connectivity index (χ4n) is 2.61. The van der Waals surface area contributed by atoms with E-state index in [4.69, 9.17) is 10.3 Å². The van der Waals surface area contributed by atoms with Crippen molar-refractivity contribution in [2.24, 2.45) is 16.4 Å². The first-order valence-corrected chi connectivity index (χ1v) is 5.17. The van der Waals surface area contributed by atoms with Gasteiger partial charge in [0.1, 0.15) is 0 Å². The zero-order chi connectivity index (χ0) is 9.86. The summed E-state index contributed by atoms with van der Waals surface area (Å²) < 4.78 is 5.38. The number of rotatable bonds is 2. The molecule has 5 nitrogen and oxygen atoms in total. The maximum Gasteiger partial charge on any atom is 0.0471 e. The number of hydrogen-bond donors (Lipinski definition) is 1. The Bertz CT molecular complexity index is 243. The molecule has 78 valence electrons. The number of azide groups is 1. The van der Waals surface area contributed by atoms with Crippen molar-refractivity contribution in [3.05, 3.63) is 10.4 Å². The van der Waals surface area contributed by atoms with Crippen molar-refractivity contribution < 1.29 is 4.74 Å². The minimum atomic E-state index is 0.340. The topological polar surface area (TPSA) is 70.0 Å². The van der Waals surface area contributed by atoms with Crippen LogP contribution in [0.1, 0.15) is 12.8 Å². The minimum absolute atomic E-state index is 0.340. The third kappa shape index (κ3) is 1.71. The van der Waals surface area contributed by atoms with E-state index in [9.17, 15) is 0 Å². The Morgan fingerprint density at radius 1 is 1.50 bits per heavy atom. The lowest BCUT2D eigenvalue weighted by atomic mass is 9.72. The number of ether oxygens (including phenoxy) is 1. The molecule has 1 atom stereocenters. The summed E-state index contributed by atoms with van der Waals surface area (Å²) in [6.45, 7) is 4.38. The molecule has 2 heterocycles. The van der Waals surface area contributed by atoms with E-state index in [0.717, 1.165) is 39.1 Å². The van der Waals surface area contributed by atoms with Gasteiger partial charge in [-0.15, -0.1) is 0 Å². The van der Waals surface area contributed by atoms with Crippen LogP contribution in [0.25, 0.3) is 10.4 Å². The van der Waals surface area contributed by atoms with Crippen LogP contribution in [0.15, 0.2) is 5.11 Å². The van der Waals surface area contributed by atoms with E-state index >= 15 is 0 Å². The van der Waals surface area contributed by atoms with E-state index in [2.05, 4.69) is 15.3 Å². The normalized spacial score (nSPS) is 30.1. The third-order valence-corrected chi connectivity index (χ3v) is 3.59. The Morgan fingerprint density at radius 3 is 3.00 bits per heavy atom. The molecule has 0 bridgehead atoms. The summed E-state index contributed by atoms with van der Waals surface area (Å²) in [5.41, 5.74) is 8.67. The molecular weight excluding hydrogens is 180 g/mol. The molecule has 0 aromatic rings. The van der Waals surface area contributed by atoms with Crippen LogP contribution < -0.4 is 5.32 Å². The molecule has 0 aromatic carbocycles. The molecule has 0 radical (unpaired) electrons. The van der Waals surface area contributed by atoms with E-state index in [1.54, 1.807) is 0 Å². The maximum atomic E-state index is 8.33. The van der Waals surface area contributed by atoms with Crippen LogP contribution in [0.4, 0.5) is 0 Å². The van der Waals surface area contributed by atoms with Crippen LogP contribution in [0.3, 0.4) is 0 Å². The maximum absolute atomic E-state index is 8.33. The van der Waals surface area contributed by atoms with Crippen molar-refractivity contribution in [1.29, 1.82) is 0 Å². The monoisotopic (exact) mass is 196 g/mol. The quantitative estimate of drug-likeness (QED) is 0.411. The second kappa shape index (κ2) is 4.17. The molecule has 2 aliphatic rings. The standard InChI is InChI=1S/C9H16N4O/c10-13-12-6-8-5-11-7-9(8)1-3-14-4-2-9/h8,11H,1-7H2. The lowest BCUT2D eigenvalue weighted by molar-refractivity contribution is 0.00441. The molecule has 1 spiro atoms. The number of nitrogens with zero attached hydrogens (tertiary/aromatic N) is 3.